The van der Waals surface area contributed by atoms with Gasteiger partial charge in [-0.15, -0.1) is 0 Å². The molecule has 0 aliphatic heterocycles. The molecule has 9 heteroatoms. The second-order valence-electron chi connectivity index (χ2n) is 7.28. The Bertz CT molecular complexity index is 449. The van der Waals surface area contributed by atoms with Crippen LogP contribution in [0.3, 0.4) is 0 Å². The van der Waals surface area contributed by atoms with Gasteiger partial charge >= 0.3 is 18.3 Å². The van der Waals surface area contributed by atoms with Gasteiger partial charge in [0.05, 0.1) is 5.41 Å². The van der Waals surface area contributed by atoms with Crippen LogP contribution >= 0.6 is 0 Å². The van der Waals surface area contributed by atoms with E-state index < -0.39 is 47.8 Å². The molecule has 1 aliphatic carbocycles. The minimum atomic E-state index is -6.02. The van der Waals surface area contributed by atoms with Crippen molar-refractivity contribution in [1.29, 1.82) is 0 Å². The summed E-state index contributed by atoms with van der Waals surface area (Å²) in [5.74, 6) is -1.65. The van der Waals surface area contributed by atoms with Crippen molar-refractivity contribution < 1.29 is 41.0 Å². The van der Waals surface area contributed by atoms with Crippen molar-refractivity contribution in [2.75, 3.05) is 0 Å². The highest BCUT2D eigenvalue weighted by Gasteiger charge is 2.75. The third kappa shape index (κ3) is 4.60. The van der Waals surface area contributed by atoms with Gasteiger partial charge in [-0.05, 0) is 32.6 Å². The Labute approximate surface area is 142 Å². The SMILES string of the molecule is CCC(C)(C)C(=O)OC(CC1CCCC1)C(O)(C(F)(F)F)C(F)(F)F. The van der Waals surface area contributed by atoms with E-state index in [1.54, 1.807) is 6.92 Å². The van der Waals surface area contributed by atoms with Crippen LogP contribution in [0.25, 0.3) is 0 Å². The standard InChI is InChI=1S/C16H24F6O3/c1-4-13(2,3)12(23)25-11(9-10-7-5-6-8-10)14(24,15(17,18)19)16(20,21)22/h10-11,24H,4-9H2,1-3H3. The molecule has 1 unspecified atom stereocenters. The van der Waals surface area contributed by atoms with Crippen LogP contribution in [0.1, 0.15) is 59.3 Å². The van der Waals surface area contributed by atoms with E-state index in [2.05, 4.69) is 4.74 Å². The lowest BCUT2D eigenvalue weighted by Gasteiger charge is -2.40. The van der Waals surface area contributed by atoms with E-state index >= 15 is 0 Å². The zero-order valence-electron chi connectivity index (χ0n) is 14.4. The van der Waals surface area contributed by atoms with Gasteiger partial charge in [0, 0.05) is 0 Å². The maximum atomic E-state index is 13.2. The maximum absolute atomic E-state index is 13.2. The second kappa shape index (κ2) is 7.32. The van der Waals surface area contributed by atoms with Gasteiger partial charge < -0.3 is 9.84 Å². The predicted molar refractivity (Wildman–Crippen MR) is 77.6 cm³/mol. The maximum Gasteiger partial charge on any atom is 0.430 e. The minimum absolute atomic E-state index is 0.165. The van der Waals surface area contributed by atoms with E-state index in [1.807, 2.05) is 0 Å². The minimum Gasteiger partial charge on any atom is -0.458 e. The van der Waals surface area contributed by atoms with Gasteiger partial charge in [0.1, 0.15) is 6.10 Å². The van der Waals surface area contributed by atoms with Crippen LogP contribution in [0, 0.1) is 11.3 Å². The zero-order valence-corrected chi connectivity index (χ0v) is 14.4. The fourth-order valence-electron chi connectivity index (χ4n) is 2.81. The van der Waals surface area contributed by atoms with E-state index in [1.165, 1.54) is 13.8 Å². The van der Waals surface area contributed by atoms with Crippen molar-refractivity contribution in [1.82, 2.24) is 0 Å². The number of hydrogen-bond acceptors (Lipinski definition) is 3. The molecular weight excluding hydrogens is 354 g/mol. The molecule has 0 radical (unpaired) electrons. The summed E-state index contributed by atoms with van der Waals surface area (Å²) in [6.07, 6.45) is -13.0. The summed E-state index contributed by atoms with van der Waals surface area (Å²) in [5, 5.41) is 9.66. The molecule has 25 heavy (non-hydrogen) atoms. The van der Waals surface area contributed by atoms with Crippen molar-refractivity contribution in [2.24, 2.45) is 11.3 Å². The van der Waals surface area contributed by atoms with E-state index in [4.69, 9.17) is 0 Å². The number of halogens is 6. The first kappa shape index (κ1) is 22.1. The molecule has 0 aromatic rings. The molecule has 3 nitrogen and oxygen atoms in total. The van der Waals surface area contributed by atoms with Gasteiger partial charge in [0.2, 0.25) is 0 Å². The normalized spacial score (nSPS) is 19.1. The third-order valence-electron chi connectivity index (χ3n) is 5.04. The first-order chi connectivity index (χ1) is 11.2. The molecule has 0 spiro atoms. The number of aliphatic hydroxyl groups is 1. The molecule has 0 saturated heterocycles. The number of carbonyl (C=O) groups is 1. The highest BCUT2D eigenvalue weighted by Crippen LogP contribution is 2.49. The molecule has 1 fully saturated rings. The first-order valence-corrected chi connectivity index (χ1v) is 8.23. The smallest absolute Gasteiger partial charge is 0.430 e. The Kier molecular flexibility index (Phi) is 6.46. The van der Waals surface area contributed by atoms with E-state index in [9.17, 15) is 36.2 Å². The average molecular weight is 378 g/mol. The van der Waals surface area contributed by atoms with E-state index in [-0.39, 0.29) is 6.42 Å². The van der Waals surface area contributed by atoms with Crippen molar-refractivity contribution in [3.05, 3.63) is 0 Å². The van der Waals surface area contributed by atoms with Crippen LogP contribution in [0.2, 0.25) is 0 Å². The van der Waals surface area contributed by atoms with E-state index in [0.29, 0.717) is 25.7 Å². The Morgan fingerprint density at radius 3 is 1.88 bits per heavy atom. The molecule has 1 N–H and O–H groups in total. The van der Waals surface area contributed by atoms with Crippen molar-refractivity contribution in [3.8, 4) is 0 Å². The number of esters is 1. The Morgan fingerprint density at radius 2 is 1.52 bits per heavy atom. The van der Waals surface area contributed by atoms with Gasteiger partial charge in [0.25, 0.3) is 5.60 Å². The molecule has 0 aromatic carbocycles. The van der Waals surface area contributed by atoms with Crippen molar-refractivity contribution >= 4 is 5.97 Å². The van der Waals surface area contributed by atoms with Gasteiger partial charge in [-0.1, -0.05) is 32.6 Å². The fraction of sp³-hybridized carbons (Fsp3) is 0.938. The quantitative estimate of drug-likeness (QED) is 0.535. The van der Waals surface area contributed by atoms with Gasteiger partial charge in [-0.25, -0.2) is 0 Å². The summed E-state index contributed by atoms with van der Waals surface area (Å²) in [5.41, 5.74) is -6.35. The Balaban J connectivity index is 3.25. The molecular formula is C16H24F6O3. The molecule has 0 aromatic heterocycles. The van der Waals surface area contributed by atoms with Crippen molar-refractivity contribution in [3.63, 3.8) is 0 Å². The lowest BCUT2D eigenvalue weighted by atomic mass is 9.85. The predicted octanol–water partition coefficient (Wildman–Crippen LogP) is 4.77. The molecule has 1 saturated carbocycles. The Hall–Kier alpha value is -0.990. The summed E-state index contributed by atoms with van der Waals surface area (Å²) < 4.78 is 83.8. The molecule has 148 valence electrons. The van der Waals surface area contributed by atoms with Crippen LogP contribution in [0.4, 0.5) is 26.3 Å². The van der Waals surface area contributed by atoms with Crippen LogP contribution < -0.4 is 0 Å². The summed E-state index contributed by atoms with van der Waals surface area (Å²) in [4.78, 5) is 12.1. The topological polar surface area (TPSA) is 46.5 Å². The molecule has 0 heterocycles. The summed E-state index contributed by atoms with van der Waals surface area (Å²) in [6.45, 7) is 4.29. The van der Waals surface area contributed by atoms with Crippen LogP contribution in [0.5, 0.6) is 0 Å². The number of carbonyl (C=O) groups excluding carboxylic acids is 1. The number of rotatable bonds is 6. The molecule has 1 atom stereocenters. The van der Waals surface area contributed by atoms with Crippen LogP contribution in [0.15, 0.2) is 0 Å². The zero-order chi connectivity index (χ0) is 19.7. The van der Waals surface area contributed by atoms with E-state index in [0.717, 1.165) is 0 Å². The lowest BCUT2D eigenvalue weighted by Crippen LogP contribution is -2.65. The summed E-state index contributed by atoms with van der Waals surface area (Å²) in [6, 6.07) is 0. The highest BCUT2D eigenvalue weighted by molar-refractivity contribution is 5.76. The van der Waals surface area contributed by atoms with Gasteiger partial charge in [-0.3, -0.25) is 4.79 Å². The van der Waals surface area contributed by atoms with Crippen LogP contribution in [-0.2, 0) is 9.53 Å². The number of ether oxygens (including phenoxy) is 1. The number of alkyl halides is 6. The Morgan fingerprint density at radius 1 is 1.08 bits per heavy atom. The number of hydrogen-bond donors (Lipinski definition) is 1. The van der Waals surface area contributed by atoms with Gasteiger partial charge in [-0.2, -0.15) is 26.3 Å². The highest BCUT2D eigenvalue weighted by atomic mass is 19.4. The summed E-state index contributed by atoms with van der Waals surface area (Å²) >= 11 is 0. The summed E-state index contributed by atoms with van der Waals surface area (Å²) in [7, 11) is 0. The average Bonchev–Trinajstić information content (AvgIpc) is 2.96. The second-order valence-corrected chi connectivity index (χ2v) is 7.28. The van der Waals surface area contributed by atoms with Crippen molar-refractivity contribution in [2.45, 2.75) is 83.4 Å². The molecule has 1 rings (SSSR count). The molecule has 0 bridgehead atoms. The first-order valence-electron chi connectivity index (χ1n) is 8.23. The van der Waals surface area contributed by atoms with Crippen LogP contribution in [-0.4, -0.2) is 35.1 Å². The monoisotopic (exact) mass is 378 g/mol. The third-order valence-corrected chi connectivity index (χ3v) is 5.04. The largest absolute Gasteiger partial charge is 0.458 e. The fourth-order valence-corrected chi connectivity index (χ4v) is 2.81. The van der Waals surface area contributed by atoms with Gasteiger partial charge in [0.15, 0.2) is 0 Å². The lowest BCUT2D eigenvalue weighted by molar-refractivity contribution is -0.392. The molecule has 0 amide bonds. The molecule has 1 aliphatic rings.